The Bertz CT molecular complexity index is 662. The van der Waals surface area contributed by atoms with Gasteiger partial charge in [-0.25, -0.2) is 0 Å². The highest BCUT2D eigenvalue weighted by molar-refractivity contribution is 5.91. The average Bonchev–Trinajstić information content (AvgIpc) is 3.37. The molecule has 1 fully saturated rings. The van der Waals surface area contributed by atoms with Crippen molar-refractivity contribution in [2.75, 3.05) is 6.54 Å². The van der Waals surface area contributed by atoms with E-state index in [2.05, 4.69) is 5.32 Å². The number of alkyl halides is 3. The average molecular weight is 357 g/mol. The maximum atomic E-state index is 12.9. The van der Waals surface area contributed by atoms with Crippen molar-refractivity contribution in [3.63, 3.8) is 0 Å². The van der Waals surface area contributed by atoms with Gasteiger partial charge in [0.2, 0.25) is 5.91 Å². The number of hydrogen-bond donors (Lipinski definition) is 2. The van der Waals surface area contributed by atoms with Gasteiger partial charge < -0.3 is 10.4 Å². The summed E-state index contributed by atoms with van der Waals surface area (Å²) >= 11 is 0. The normalized spacial score (nSPS) is 16.4. The van der Waals surface area contributed by atoms with Crippen LogP contribution in [0.15, 0.2) is 24.3 Å². The Morgan fingerprint density at radius 2 is 1.80 bits per heavy atom. The molecular formula is C18H22F3NO3. The molecule has 1 aromatic rings. The lowest BCUT2D eigenvalue weighted by atomic mass is 9.82. The predicted molar refractivity (Wildman–Crippen MR) is 86.0 cm³/mol. The van der Waals surface area contributed by atoms with E-state index in [0.717, 1.165) is 12.1 Å². The molecular weight excluding hydrogens is 335 g/mol. The van der Waals surface area contributed by atoms with Crippen LogP contribution in [0.25, 0.3) is 0 Å². The predicted octanol–water partition coefficient (Wildman–Crippen LogP) is 3.74. The van der Waals surface area contributed by atoms with Crippen LogP contribution in [0.4, 0.5) is 13.2 Å². The second kappa shape index (κ2) is 6.69. The molecule has 2 N–H and O–H groups in total. The zero-order valence-electron chi connectivity index (χ0n) is 14.2. The number of hydrogen-bond acceptors (Lipinski definition) is 2. The largest absolute Gasteiger partial charge is 0.481 e. The highest BCUT2D eigenvalue weighted by Gasteiger charge is 2.52. The summed E-state index contributed by atoms with van der Waals surface area (Å²) in [5, 5.41) is 12.1. The van der Waals surface area contributed by atoms with Crippen LogP contribution in [0, 0.1) is 5.41 Å². The number of carbonyl (C=O) groups excluding carboxylic acids is 1. The quantitative estimate of drug-likeness (QED) is 0.781. The number of carboxylic acids is 1. The Kier molecular flexibility index (Phi) is 5.16. The number of benzene rings is 1. The first kappa shape index (κ1) is 19.3. The molecule has 0 bridgehead atoms. The van der Waals surface area contributed by atoms with Crippen molar-refractivity contribution < 1.29 is 27.9 Å². The number of halogens is 3. The lowest BCUT2D eigenvalue weighted by Crippen LogP contribution is -2.45. The Morgan fingerprint density at radius 1 is 1.20 bits per heavy atom. The Labute approximate surface area is 144 Å². The summed E-state index contributed by atoms with van der Waals surface area (Å²) in [6.07, 6.45) is -2.84. The molecule has 1 aliphatic rings. The van der Waals surface area contributed by atoms with Crippen molar-refractivity contribution in [1.82, 2.24) is 5.32 Å². The molecule has 0 atom stereocenters. The summed E-state index contributed by atoms with van der Waals surface area (Å²) in [6, 6.07) is 4.80. The second-order valence-electron chi connectivity index (χ2n) is 6.64. The molecule has 0 aliphatic heterocycles. The molecule has 0 radical (unpaired) electrons. The zero-order chi connectivity index (χ0) is 18.9. The molecule has 4 nitrogen and oxygen atoms in total. The minimum atomic E-state index is -4.47. The lowest BCUT2D eigenvalue weighted by molar-refractivity contribution is -0.149. The van der Waals surface area contributed by atoms with E-state index in [4.69, 9.17) is 0 Å². The fourth-order valence-electron chi connectivity index (χ4n) is 3.06. The Balaban J connectivity index is 2.18. The first-order valence-electron chi connectivity index (χ1n) is 8.31. The molecule has 0 saturated heterocycles. The number of amides is 1. The highest BCUT2D eigenvalue weighted by Crippen LogP contribution is 2.49. The van der Waals surface area contributed by atoms with E-state index in [0.29, 0.717) is 31.2 Å². The van der Waals surface area contributed by atoms with Crippen LogP contribution in [-0.2, 0) is 21.2 Å². The minimum Gasteiger partial charge on any atom is -0.481 e. The van der Waals surface area contributed by atoms with Gasteiger partial charge in [-0.3, -0.25) is 9.59 Å². The van der Waals surface area contributed by atoms with Crippen LogP contribution >= 0.6 is 0 Å². The molecule has 2 rings (SSSR count). The lowest BCUT2D eigenvalue weighted by Gasteiger charge is -2.28. The van der Waals surface area contributed by atoms with Crippen LogP contribution in [0.1, 0.15) is 50.7 Å². The summed E-state index contributed by atoms with van der Waals surface area (Å²) < 4.78 is 38.7. The van der Waals surface area contributed by atoms with Crippen molar-refractivity contribution in [2.24, 2.45) is 5.41 Å². The van der Waals surface area contributed by atoms with Crippen molar-refractivity contribution in [2.45, 2.75) is 51.1 Å². The fraction of sp³-hybridized carbons (Fsp3) is 0.556. The van der Waals surface area contributed by atoms with Gasteiger partial charge in [-0.05, 0) is 37.3 Å². The van der Waals surface area contributed by atoms with E-state index in [1.54, 1.807) is 13.8 Å². The molecule has 0 spiro atoms. The molecule has 7 heteroatoms. The SMILES string of the molecule is CCC(CC)(CNC(=O)C1(c2cccc(C(F)(F)F)c2)CC1)C(=O)O. The maximum absolute atomic E-state index is 12.9. The fourth-order valence-corrected chi connectivity index (χ4v) is 3.06. The summed E-state index contributed by atoms with van der Waals surface area (Å²) in [5.41, 5.74) is -2.49. The van der Waals surface area contributed by atoms with E-state index in [9.17, 15) is 27.9 Å². The van der Waals surface area contributed by atoms with Gasteiger partial charge in [0.05, 0.1) is 16.4 Å². The molecule has 1 aromatic carbocycles. The van der Waals surface area contributed by atoms with Gasteiger partial charge in [-0.15, -0.1) is 0 Å². The van der Waals surface area contributed by atoms with Crippen LogP contribution in [0.3, 0.4) is 0 Å². The van der Waals surface area contributed by atoms with E-state index in [-0.39, 0.29) is 6.54 Å². The molecule has 0 heterocycles. The smallest absolute Gasteiger partial charge is 0.416 e. The number of nitrogens with one attached hydrogen (secondary N) is 1. The van der Waals surface area contributed by atoms with Crippen LogP contribution in [-0.4, -0.2) is 23.5 Å². The highest BCUT2D eigenvalue weighted by atomic mass is 19.4. The molecule has 0 unspecified atom stereocenters. The van der Waals surface area contributed by atoms with Gasteiger partial charge in [0.15, 0.2) is 0 Å². The van der Waals surface area contributed by atoms with Gasteiger partial charge in [-0.1, -0.05) is 32.0 Å². The summed E-state index contributed by atoms with van der Waals surface area (Å²) in [6.45, 7) is 3.45. The molecule has 1 aliphatic carbocycles. The molecule has 25 heavy (non-hydrogen) atoms. The van der Waals surface area contributed by atoms with Gasteiger partial charge in [0, 0.05) is 6.54 Å². The van der Waals surface area contributed by atoms with Gasteiger partial charge in [-0.2, -0.15) is 13.2 Å². The summed E-state index contributed by atoms with van der Waals surface area (Å²) in [4.78, 5) is 24.1. The standard InChI is InChI=1S/C18H22F3NO3/c1-3-16(4-2,15(24)25)11-22-14(23)17(8-9-17)12-6-5-7-13(10-12)18(19,20)21/h5-7,10H,3-4,8-9,11H2,1-2H3,(H,22,23)(H,24,25). The van der Waals surface area contributed by atoms with E-state index >= 15 is 0 Å². The van der Waals surface area contributed by atoms with Gasteiger partial charge >= 0.3 is 12.1 Å². The molecule has 1 saturated carbocycles. The topological polar surface area (TPSA) is 66.4 Å². The van der Waals surface area contributed by atoms with E-state index in [1.807, 2.05) is 0 Å². The van der Waals surface area contributed by atoms with Crippen LogP contribution in [0.5, 0.6) is 0 Å². The van der Waals surface area contributed by atoms with Crippen LogP contribution in [0.2, 0.25) is 0 Å². The summed E-state index contributed by atoms with van der Waals surface area (Å²) in [5.74, 6) is -1.39. The zero-order valence-corrected chi connectivity index (χ0v) is 14.2. The van der Waals surface area contributed by atoms with Crippen molar-refractivity contribution in [1.29, 1.82) is 0 Å². The first-order chi connectivity index (χ1) is 11.6. The maximum Gasteiger partial charge on any atom is 0.416 e. The third kappa shape index (κ3) is 3.65. The van der Waals surface area contributed by atoms with Gasteiger partial charge in [0.1, 0.15) is 0 Å². The number of carbonyl (C=O) groups is 2. The van der Waals surface area contributed by atoms with Crippen molar-refractivity contribution in [3.8, 4) is 0 Å². The van der Waals surface area contributed by atoms with Crippen LogP contribution < -0.4 is 5.32 Å². The molecule has 1 amide bonds. The minimum absolute atomic E-state index is 0.0329. The van der Waals surface area contributed by atoms with E-state index < -0.39 is 34.4 Å². The van der Waals surface area contributed by atoms with Gasteiger partial charge in [0.25, 0.3) is 0 Å². The summed E-state index contributed by atoms with van der Waals surface area (Å²) in [7, 11) is 0. The third-order valence-corrected chi connectivity index (χ3v) is 5.32. The van der Waals surface area contributed by atoms with E-state index in [1.165, 1.54) is 12.1 Å². The Morgan fingerprint density at radius 3 is 2.24 bits per heavy atom. The molecule has 0 aromatic heterocycles. The number of aliphatic carboxylic acids is 1. The molecule has 138 valence electrons. The third-order valence-electron chi connectivity index (χ3n) is 5.32. The first-order valence-corrected chi connectivity index (χ1v) is 8.31. The second-order valence-corrected chi connectivity index (χ2v) is 6.64. The monoisotopic (exact) mass is 357 g/mol. The van der Waals surface area contributed by atoms with Crippen molar-refractivity contribution >= 4 is 11.9 Å². The van der Waals surface area contributed by atoms with Crippen molar-refractivity contribution in [3.05, 3.63) is 35.4 Å². The number of rotatable bonds is 7. The Hall–Kier alpha value is -2.05. The number of carboxylic acid groups (broad SMARTS) is 1.